The Hall–Kier alpha value is -2.27. The van der Waals surface area contributed by atoms with Crippen molar-refractivity contribution in [1.29, 1.82) is 0 Å². The molecule has 2 rings (SSSR count). The van der Waals surface area contributed by atoms with E-state index in [0.717, 1.165) is 12.2 Å². The molecule has 0 heterocycles. The minimum absolute atomic E-state index is 0.0895. The van der Waals surface area contributed by atoms with Gasteiger partial charge in [0.1, 0.15) is 0 Å². The van der Waals surface area contributed by atoms with Crippen molar-refractivity contribution in [3.05, 3.63) is 60.2 Å². The second kappa shape index (κ2) is 8.24. The average molecular weight is 314 g/mol. The molecule has 2 amide bonds. The molecule has 0 fully saturated rings. The van der Waals surface area contributed by atoms with E-state index in [1.54, 1.807) is 36.4 Å². The third-order valence-corrected chi connectivity index (χ3v) is 3.82. The van der Waals surface area contributed by atoms with E-state index in [1.807, 2.05) is 25.1 Å². The van der Waals surface area contributed by atoms with Crippen LogP contribution in [0.5, 0.6) is 0 Å². The van der Waals surface area contributed by atoms with E-state index in [4.69, 9.17) is 0 Å². The van der Waals surface area contributed by atoms with E-state index in [-0.39, 0.29) is 11.1 Å². The molecule has 0 aliphatic heterocycles. The van der Waals surface area contributed by atoms with Gasteiger partial charge in [-0.25, -0.2) is 0 Å². The summed E-state index contributed by atoms with van der Waals surface area (Å²) in [6.07, 6.45) is 0.950. The van der Waals surface area contributed by atoms with Crippen LogP contribution in [0.25, 0.3) is 0 Å². The number of amides is 2. The number of nitrogens with one attached hydrogen (secondary N) is 2. The maximum Gasteiger partial charge on any atom is 0.283 e. The van der Waals surface area contributed by atoms with Gasteiger partial charge in [0, 0.05) is 22.7 Å². The summed E-state index contributed by atoms with van der Waals surface area (Å²) >= 11 is 1.25. The summed E-state index contributed by atoms with van der Waals surface area (Å²) < 4.78 is 0. The van der Waals surface area contributed by atoms with Crippen LogP contribution in [0, 0.1) is 0 Å². The first-order valence-electron chi connectivity index (χ1n) is 7.09. The number of rotatable bonds is 5. The molecule has 5 heteroatoms. The minimum atomic E-state index is -0.176. The predicted molar refractivity (Wildman–Crippen MR) is 92.6 cm³/mol. The normalized spacial score (nSPS) is 10.0. The van der Waals surface area contributed by atoms with Crippen LogP contribution in [-0.2, 0) is 0 Å². The average Bonchev–Trinajstić information content (AvgIpc) is 2.54. The van der Waals surface area contributed by atoms with Crippen molar-refractivity contribution in [2.45, 2.75) is 13.3 Å². The smallest absolute Gasteiger partial charge is 0.283 e. The van der Waals surface area contributed by atoms with Crippen LogP contribution in [0.4, 0.5) is 16.2 Å². The highest BCUT2D eigenvalue weighted by atomic mass is 32.2. The standard InChI is InChI=1S/C17H18N2O2S/c1-2-11-22-17(21)19-15-10-6-9-14(12-15)18-16(20)13-7-4-3-5-8-13/h3-10,12H,2,11H2,1H3,(H,18,20)(H,19,21). The van der Waals surface area contributed by atoms with E-state index in [9.17, 15) is 9.59 Å². The fourth-order valence-corrected chi connectivity index (χ4v) is 2.40. The van der Waals surface area contributed by atoms with Gasteiger partial charge in [0.2, 0.25) is 0 Å². The van der Waals surface area contributed by atoms with Crippen LogP contribution in [0.1, 0.15) is 23.7 Å². The lowest BCUT2D eigenvalue weighted by Crippen LogP contribution is -2.12. The van der Waals surface area contributed by atoms with Crippen LogP contribution in [0.3, 0.4) is 0 Å². The molecule has 0 aromatic heterocycles. The molecule has 0 bridgehead atoms. The quantitative estimate of drug-likeness (QED) is 0.847. The van der Waals surface area contributed by atoms with E-state index in [2.05, 4.69) is 10.6 Å². The summed E-state index contributed by atoms with van der Waals surface area (Å²) in [4.78, 5) is 23.8. The zero-order chi connectivity index (χ0) is 15.8. The van der Waals surface area contributed by atoms with Crippen molar-refractivity contribution in [3.8, 4) is 0 Å². The molecule has 0 aliphatic rings. The first-order chi connectivity index (χ1) is 10.7. The molecule has 0 unspecified atom stereocenters. The molecule has 114 valence electrons. The molecule has 0 atom stereocenters. The largest absolute Gasteiger partial charge is 0.322 e. The molecule has 22 heavy (non-hydrogen) atoms. The number of thioether (sulfide) groups is 1. The SMILES string of the molecule is CCCSC(=O)Nc1cccc(NC(=O)c2ccccc2)c1. The van der Waals surface area contributed by atoms with Crippen LogP contribution in [0.2, 0.25) is 0 Å². The zero-order valence-corrected chi connectivity index (χ0v) is 13.2. The van der Waals surface area contributed by atoms with Gasteiger partial charge in [-0.05, 0) is 36.8 Å². The number of benzene rings is 2. The first-order valence-corrected chi connectivity index (χ1v) is 8.08. The van der Waals surface area contributed by atoms with Gasteiger partial charge < -0.3 is 10.6 Å². The Morgan fingerprint density at radius 3 is 2.32 bits per heavy atom. The van der Waals surface area contributed by atoms with E-state index < -0.39 is 0 Å². The topological polar surface area (TPSA) is 58.2 Å². The molecular formula is C17H18N2O2S. The van der Waals surface area contributed by atoms with Crippen molar-refractivity contribution in [2.75, 3.05) is 16.4 Å². The Kier molecular flexibility index (Phi) is 6.03. The Morgan fingerprint density at radius 1 is 0.955 bits per heavy atom. The predicted octanol–water partition coefficient (Wildman–Crippen LogP) is 4.61. The highest BCUT2D eigenvalue weighted by Gasteiger charge is 2.07. The van der Waals surface area contributed by atoms with Crippen molar-refractivity contribution >= 4 is 34.3 Å². The van der Waals surface area contributed by atoms with Gasteiger partial charge in [0.15, 0.2) is 0 Å². The van der Waals surface area contributed by atoms with Crippen molar-refractivity contribution in [3.63, 3.8) is 0 Å². The lowest BCUT2D eigenvalue weighted by molar-refractivity contribution is 0.102. The van der Waals surface area contributed by atoms with Crippen LogP contribution >= 0.6 is 11.8 Å². The van der Waals surface area contributed by atoms with Crippen molar-refractivity contribution in [2.24, 2.45) is 0 Å². The van der Waals surface area contributed by atoms with Gasteiger partial charge in [-0.2, -0.15) is 0 Å². The Balaban J connectivity index is 1.99. The molecule has 0 aliphatic carbocycles. The van der Waals surface area contributed by atoms with Crippen LogP contribution < -0.4 is 10.6 Å². The number of carbonyl (C=O) groups excluding carboxylic acids is 2. The second-order valence-electron chi connectivity index (χ2n) is 4.66. The summed E-state index contributed by atoms with van der Waals surface area (Å²) in [6.45, 7) is 2.03. The monoisotopic (exact) mass is 314 g/mol. The number of anilines is 2. The summed E-state index contributed by atoms with van der Waals surface area (Å²) in [5.41, 5.74) is 1.90. The molecule has 2 N–H and O–H groups in total. The summed E-state index contributed by atoms with van der Waals surface area (Å²) in [6, 6.07) is 16.1. The maximum atomic E-state index is 12.1. The molecular weight excluding hydrogens is 296 g/mol. The summed E-state index contributed by atoms with van der Waals surface area (Å²) in [7, 11) is 0. The van der Waals surface area contributed by atoms with Crippen molar-refractivity contribution < 1.29 is 9.59 Å². The maximum absolute atomic E-state index is 12.1. The Bertz CT molecular complexity index is 644. The molecule has 2 aromatic carbocycles. The van der Waals surface area contributed by atoms with Crippen LogP contribution in [0.15, 0.2) is 54.6 Å². The number of carbonyl (C=O) groups is 2. The first kappa shape index (κ1) is 16.1. The fraction of sp³-hybridized carbons (Fsp3) is 0.176. The highest BCUT2D eigenvalue weighted by Crippen LogP contribution is 2.18. The number of hydrogen-bond acceptors (Lipinski definition) is 3. The molecule has 4 nitrogen and oxygen atoms in total. The summed E-state index contributed by atoms with van der Waals surface area (Å²) in [5, 5.41) is 5.53. The molecule has 0 saturated carbocycles. The summed E-state index contributed by atoms with van der Waals surface area (Å²) in [5.74, 6) is 0.612. The third kappa shape index (κ3) is 4.93. The van der Waals surface area contributed by atoms with Gasteiger partial charge in [0.05, 0.1) is 0 Å². The van der Waals surface area contributed by atoms with Gasteiger partial charge in [-0.3, -0.25) is 9.59 Å². The minimum Gasteiger partial charge on any atom is -0.322 e. The lowest BCUT2D eigenvalue weighted by atomic mass is 10.2. The molecule has 0 radical (unpaired) electrons. The van der Waals surface area contributed by atoms with E-state index >= 15 is 0 Å². The Labute approximate surface area is 134 Å². The fourth-order valence-electron chi connectivity index (χ4n) is 1.82. The lowest BCUT2D eigenvalue weighted by Gasteiger charge is -2.08. The zero-order valence-electron chi connectivity index (χ0n) is 12.3. The molecule has 0 saturated heterocycles. The highest BCUT2D eigenvalue weighted by molar-refractivity contribution is 8.13. The van der Waals surface area contributed by atoms with Crippen LogP contribution in [-0.4, -0.2) is 16.9 Å². The second-order valence-corrected chi connectivity index (χ2v) is 5.73. The number of hydrogen-bond donors (Lipinski definition) is 2. The van der Waals surface area contributed by atoms with Gasteiger partial charge >= 0.3 is 0 Å². The van der Waals surface area contributed by atoms with Gasteiger partial charge in [-0.1, -0.05) is 43.0 Å². The van der Waals surface area contributed by atoms with Gasteiger partial charge in [-0.15, -0.1) is 0 Å². The van der Waals surface area contributed by atoms with Gasteiger partial charge in [0.25, 0.3) is 11.1 Å². The molecule has 0 spiro atoms. The Morgan fingerprint density at radius 2 is 1.64 bits per heavy atom. The molecule has 2 aromatic rings. The van der Waals surface area contributed by atoms with E-state index in [1.165, 1.54) is 11.8 Å². The van der Waals surface area contributed by atoms with E-state index in [0.29, 0.717) is 16.9 Å². The third-order valence-electron chi connectivity index (χ3n) is 2.84. The van der Waals surface area contributed by atoms with Crippen molar-refractivity contribution in [1.82, 2.24) is 0 Å².